The lowest BCUT2D eigenvalue weighted by Gasteiger charge is -2.11. The maximum absolute atomic E-state index is 4.62. The summed E-state index contributed by atoms with van der Waals surface area (Å²) in [5.74, 6) is 1.16. The Balaban J connectivity index is 2.09. The van der Waals surface area contributed by atoms with E-state index in [2.05, 4.69) is 46.9 Å². The highest BCUT2D eigenvalue weighted by Gasteiger charge is 2.17. The highest BCUT2D eigenvalue weighted by atomic mass is 15.0. The average molecular weight is 229 g/mol. The van der Waals surface area contributed by atoms with Crippen molar-refractivity contribution in [3.8, 4) is 0 Å². The normalized spacial score (nSPS) is 20.2. The molecule has 0 saturated carbocycles. The molecule has 1 atom stereocenters. The first-order chi connectivity index (χ1) is 8.29. The van der Waals surface area contributed by atoms with Crippen LogP contribution in [-0.4, -0.2) is 15.9 Å². The van der Waals surface area contributed by atoms with Crippen LogP contribution in [0.15, 0.2) is 18.3 Å². The molecule has 0 radical (unpaired) electrons. The first-order valence-electron chi connectivity index (χ1n) is 6.50. The summed E-state index contributed by atoms with van der Waals surface area (Å²) in [5, 5.41) is 3.55. The third-order valence-electron chi connectivity index (χ3n) is 3.70. The Labute approximate surface area is 102 Å². The van der Waals surface area contributed by atoms with E-state index < -0.39 is 0 Å². The minimum Gasteiger partial charge on any atom is -0.310 e. The molecule has 1 aliphatic heterocycles. The lowest BCUT2D eigenvalue weighted by atomic mass is 10.1. The average Bonchev–Trinajstić information content (AvgIpc) is 2.97. The van der Waals surface area contributed by atoms with E-state index >= 15 is 0 Å². The van der Waals surface area contributed by atoms with Crippen molar-refractivity contribution in [2.75, 3.05) is 6.54 Å². The molecule has 0 aliphatic carbocycles. The first kappa shape index (κ1) is 10.8. The van der Waals surface area contributed by atoms with Gasteiger partial charge in [0.25, 0.3) is 0 Å². The van der Waals surface area contributed by atoms with Crippen LogP contribution in [0.25, 0.3) is 5.52 Å². The van der Waals surface area contributed by atoms with Gasteiger partial charge in [-0.05, 0) is 44.0 Å². The predicted molar refractivity (Wildman–Crippen MR) is 69.3 cm³/mol. The molecule has 1 N–H and O–H groups in total. The second-order valence-corrected chi connectivity index (χ2v) is 4.83. The van der Waals surface area contributed by atoms with Crippen LogP contribution >= 0.6 is 0 Å². The van der Waals surface area contributed by atoms with E-state index in [1.165, 1.54) is 23.9 Å². The molecule has 3 heteroatoms. The van der Waals surface area contributed by atoms with Gasteiger partial charge in [0.05, 0.1) is 11.2 Å². The predicted octanol–water partition coefficient (Wildman–Crippen LogP) is 2.63. The molecule has 2 aromatic heterocycles. The van der Waals surface area contributed by atoms with Crippen LogP contribution in [0.1, 0.15) is 42.9 Å². The summed E-state index contributed by atoms with van der Waals surface area (Å²) in [6, 6.07) is 5.07. The molecule has 0 bridgehead atoms. The van der Waals surface area contributed by atoms with Crippen molar-refractivity contribution in [1.82, 2.24) is 14.7 Å². The Morgan fingerprint density at radius 3 is 3.12 bits per heavy atom. The van der Waals surface area contributed by atoms with E-state index in [0.717, 1.165) is 24.5 Å². The number of hydrogen-bond acceptors (Lipinski definition) is 2. The maximum atomic E-state index is 4.62. The number of nitrogens with zero attached hydrogens (tertiary/aromatic N) is 2. The molecule has 0 aromatic carbocycles. The summed E-state index contributed by atoms with van der Waals surface area (Å²) in [5.41, 5.74) is 3.80. The minimum absolute atomic E-state index is 0.541. The molecule has 17 heavy (non-hydrogen) atoms. The van der Waals surface area contributed by atoms with Crippen LogP contribution in [0, 0.1) is 6.92 Å². The highest BCUT2D eigenvalue weighted by Crippen LogP contribution is 2.25. The number of fused-ring (bicyclic) bond motifs is 1. The molecule has 1 fully saturated rings. The van der Waals surface area contributed by atoms with Gasteiger partial charge in [-0.25, -0.2) is 4.98 Å². The van der Waals surface area contributed by atoms with Crippen molar-refractivity contribution in [1.29, 1.82) is 0 Å². The van der Waals surface area contributed by atoms with Gasteiger partial charge in [0.1, 0.15) is 5.82 Å². The molecule has 3 nitrogen and oxygen atoms in total. The molecule has 3 rings (SSSR count). The summed E-state index contributed by atoms with van der Waals surface area (Å²) in [6.07, 6.45) is 5.69. The van der Waals surface area contributed by atoms with E-state index in [-0.39, 0.29) is 0 Å². The van der Waals surface area contributed by atoms with E-state index in [1.807, 2.05) is 0 Å². The fourth-order valence-corrected chi connectivity index (χ4v) is 2.76. The zero-order valence-electron chi connectivity index (χ0n) is 10.5. The number of aromatic nitrogens is 2. The quantitative estimate of drug-likeness (QED) is 0.857. The lowest BCUT2D eigenvalue weighted by Crippen LogP contribution is -2.13. The molecular formula is C14H19N3. The summed E-state index contributed by atoms with van der Waals surface area (Å²) < 4.78 is 2.22. The number of hydrogen-bond donors (Lipinski definition) is 1. The number of pyridine rings is 1. The van der Waals surface area contributed by atoms with E-state index in [0.29, 0.717) is 6.04 Å². The Morgan fingerprint density at radius 1 is 1.53 bits per heavy atom. The van der Waals surface area contributed by atoms with Crippen LogP contribution in [0.3, 0.4) is 0 Å². The lowest BCUT2D eigenvalue weighted by molar-refractivity contribution is 0.647. The smallest absolute Gasteiger partial charge is 0.113 e. The van der Waals surface area contributed by atoms with Gasteiger partial charge in [-0.15, -0.1) is 0 Å². The Kier molecular flexibility index (Phi) is 2.63. The molecular weight excluding hydrogens is 210 g/mol. The van der Waals surface area contributed by atoms with Crippen molar-refractivity contribution in [2.24, 2.45) is 0 Å². The molecule has 0 amide bonds. The van der Waals surface area contributed by atoms with Gasteiger partial charge < -0.3 is 9.72 Å². The van der Waals surface area contributed by atoms with Crippen molar-refractivity contribution in [2.45, 2.75) is 39.2 Å². The monoisotopic (exact) mass is 229 g/mol. The first-order valence-corrected chi connectivity index (χ1v) is 6.50. The van der Waals surface area contributed by atoms with E-state index in [9.17, 15) is 0 Å². The number of rotatable bonds is 2. The van der Waals surface area contributed by atoms with E-state index in [4.69, 9.17) is 0 Å². The standard InChI is InChI=1S/C14H19N3/c1-3-14-16-10(2)13-9-11(6-8-17(13)14)12-5-4-7-15-12/h6,8-9,12,15H,3-5,7H2,1-2H3. The molecule has 90 valence electrons. The van der Waals surface area contributed by atoms with Gasteiger partial charge in [0, 0.05) is 18.7 Å². The van der Waals surface area contributed by atoms with Gasteiger partial charge in [0.2, 0.25) is 0 Å². The molecule has 0 spiro atoms. The molecule has 2 aromatic rings. The Hall–Kier alpha value is -1.35. The van der Waals surface area contributed by atoms with Crippen LogP contribution in [0.5, 0.6) is 0 Å². The zero-order valence-corrected chi connectivity index (χ0v) is 10.5. The summed E-state index contributed by atoms with van der Waals surface area (Å²) >= 11 is 0. The van der Waals surface area contributed by atoms with Gasteiger partial charge in [-0.3, -0.25) is 0 Å². The van der Waals surface area contributed by atoms with Crippen LogP contribution in [0.4, 0.5) is 0 Å². The minimum atomic E-state index is 0.541. The fraction of sp³-hybridized carbons (Fsp3) is 0.500. The second-order valence-electron chi connectivity index (χ2n) is 4.83. The maximum Gasteiger partial charge on any atom is 0.113 e. The van der Waals surface area contributed by atoms with Crippen molar-refractivity contribution in [3.63, 3.8) is 0 Å². The molecule has 1 saturated heterocycles. The van der Waals surface area contributed by atoms with Crippen LogP contribution in [-0.2, 0) is 6.42 Å². The number of aryl methyl sites for hydroxylation is 2. The fourth-order valence-electron chi connectivity index (χ4n) is 2.76. The number of imidazole rings is 1. The van der Waals surface area contributed by atoms with Gasteiger partial charge >= 0.3 is 0 Å². The van der Waals surface area contributed by atoms with Crippen molar-refractivity contribution >= 4 is 5.52 Å². The molecule has 3 heterocycles. The topological polar surface area (TPSA) is 29.3 Å². The largest absolute Gasteiger partial charge is 0.310 e. The van der Waals surface area contributed by atoms with Crippen molar-refractivity contribution < 1.29 is 0 Å². The SMILES string of the molecule is CCc1nc(C)c2cc(C3CCCN3)ccn12. The van der Waals surface area contributed by atoms with Crippen molar-refractivity contribution in [3.05, 3.63) is 35.4 Å². The van der Waals surface area contributed by atoms with Gasteiger partial charge in [-0.2, -0.15) is 0 Å². The van der Waals surface area contributed by atoms with E-state index in [1.54, 1.807) is 0 Å². The number of nitrogens with one attached hydrogen (secondary N) is 1. The summed E-state index contributed by atoms with van der Waals surface area (Å²) in [7, 11) is 0. The Morgan fingerprint density at radius 2 is 2.41 bits per heavy atom. The summed E-state index contributed by atoms with van der Waals surface area (Å²) in [4.78, 5) is 4.62. The zero-order chi connectivity index (χ0) is 11.8. The highest BCUT2D eigenvalue weighted by molar-refractivity contribution is 5.55. The Bertz CT molecular complexity index is 536. The molecule has 1 unspecified atom stereocenters. The second kappa shape index (κ2) is 4.15. The van der Waals surface area contributed by atoms with Gasteiger partial charge in [0.15, 0.2) is 0 Å². The third-order valence-corrected chi connectivity index (χ3v) is 3.70. The van der Waals surface area contributed by atoms with Crippen LogP contribution < -0.4 is 5.32 Å². The van der Waals surface area contributed by atoms with Crippen LogP contribution in [0.2, 0.25) is 0 Å². The van der Waals surface area contributed by atoms with Gasteiger partial charge in [-0.1, -0.05) is 6.92 Å². The molecule has 1 aliphatic rings. The third kappa shape index (κ3) is 1.75. The summed E-state index contributed by atoms with van der Waals surface area (Å²) in [6.45, 7) is 5.40.